The van der Waals surface area contributed by atoms with E-state index in [-0.39, 0.29) is 0 Å². The van der Waals surface area contributed by atoms with Gasteiger partial charge in [0, 0.05) is 11.9 Å². The molecule has 2 rings (SSSR count). The second-order valence-corrected chi connectivity index (χ2v) is 4.36. The van der Waals surface area contributed by atoms with Gasteiger partial charge < -0.3 is 5.32 Å². The van der Waals surface area contributed by atoms with Gasteiger partial charge >= 0.3 is 0 Å². The molecule has 1 heterocycles. The molecule has 0 radical (unpaired) electrons. The first kappa shape index (κ1) is 11.5. The molecule has 0 spiro atoms. The van der Waals surface area contributed by atoms with Crippen LogP contribution in [-0.2, 0) is 0 Å². The highest BCUT2D eigenvalue weighted by Crippen LogP contribution is 2.29. The minimum atomic E-state index is 0.625. The number of halogens is 2. The molecule has 1 N–H and O–H groups in total. The standard InChI is InChI=1S/C12H12Cl2N2/c1-2-7-15-11-6-3-8-9(13)4-5-10(14)12(8)16-11/h3-6H,2,7H2,1H3,(H,15,16). The van der Waals surface area contributed by atoms with Crippen molar-refractivity contribution in [2.45, 2.75) is 13.3 Å². The van der Waals surface area contributed by atoms with Gasteiger partial charge in [-0.3, -0.25) is 0 Å². The van der Waals surface area contributed by atoms with Crippen LogP contribution in [0.15, 0.2) is 24.3 Å². The summed E-state index contributed by atoms with van der Waals surface area (Å²) in [5.74, 6) is 0.832. The number of anilines is 1. The molecule has 0 bridgehead atoms. The first-order valence-electron chi connectivity index (χ1n) is 5.21. The third-order valence-electron chi connectivity index (χ3n) is 2.31. The van der Waals surface area contributed by atoms with Crippen molar-refractivity contribution in [1.82, 2.24) is 4.98 Å². The quantitative estimate of drug-likeness (QED) is 0.881. The largest absolute Gasteiger partial charge is 0.370 e. The van der Waals surface area contributed by atoms with Crippen LogP contribution in [0.4, 0.5) is 5.82 Å². The average molecular weight is 255 g/mol. The Hall–Kier alpha value is -0.990. The normalized spacial score (nSPS) is 10.7. The topological polar surface area (TPSA) is 24.9 Å². The third kappa shape index (κ3) is 2.23. The summed E-state index contributed by atoms with van der Waals surface area (Å²) in [6.45, 7) is 3.01. The van der Waals surface area contributed by atoms with Crippen molar-refractivity contribution in [1.29, 1.82) is 0 Å². The van der Waals surface area contributed by atoms with Crippen LogP contribution in [-0.4, -0.2) is 11.5 Å². The zero-order valence-electron chi connectivity index (χ0n) is 8.93. The molecular formula is C12H12Cl2N2. The van der Waals surface area contributed by atoms with E-state index in [9.17, 15) is 0 Å². The first-order valence-corrected chi connectivity index (χ1v) is 5.96. The van der Waals surface area contributed by atoms with Crippen molar-refractivity contribution in [3.63, 3.8) is 0 Å². The Morgan fingerprint density at radius 3 is 2.62 bits per heavy atom. The van der Waals surface area contributed by atoms with Crippen LogP contribution in [0.25, 0.3) is 10.9 Å². The SMILES string of the molecule is CCCNc1ccc2c(Cl)ccc(Cl)c2n1. The Morgan fingerprint density at radius 2 is 1.88 bits per heavy atom. The van der Waals surface area contributed by atoms with Crippen LogP contribution < -0.4 is 5.32 Å². The predicted octanol–water partition coefficient (Wildman–Crippen LogP) is 4.36. The van der Waals surface area contributed by atoms with Gasteiger partial charge in [-0.2, -0.15) is 0 Å². The summed E-state index contributed by atoms with van der Waals surface area (Å²) in [6.07, 6.45) is 1.06. The van der Waals surface area contributed by atoms with Gasteiger partial charge in [0.05, 0.1) is 15.6 Å². The molecule has 0 unspecified atom stereocenters. The lowest BCUT2D eigenvalue weighted by Gasteiger charge is -2.07. The van der Waals surface area contributed by atoms with Crippen LogP contribution in [0.3, 0.4) is 0 Å². The lowest BCUT2D eigenvalue weighted by atomic mass is 10.2. The molecular weight excluding hydrogens is 243 g/mol. The molecule has 0 saturated heterocycles. The number of rotatable bonds is 3. The van der Waals surface area contributed by atoms with E-state index >= 15 is 0 Å². The number of fused-ring (bicyclic) bond motifs is 1. The van der Waals surface area contributed by atoms with Crippen molar-refractivity contribution in [3.8, 4) is 0 Å². The summed E-state index contributed by atoms with van der Waals surface area (Å²) in [5, 5.41) is 5.41. The molecule has 0 atom stereocenters. The Labute approximate surface area is 105 Å². The van der Waals surface area contributed by atoms with Crippen molar-refractivity contribution in [2.75, 3.05) is 11.9 Å². The highest BCUT2D eigenvalue weighted by Gasteiger charge is 2.05. The molecule has 1 aromatic carbocycles. The summed E-state index contributed by atoms with van der Waals surface area (Å²) < 4.78 is 0. The van der Waals surface area contributed by atoms with Gasteiger partial charge in [-0.25, -0.2) is 4.98 Å². The van der Waals surface area contributed by atoms with E-state index in [1.807, 2.05) is 12.1 Å². The molecule has 0 aliphatic carbocycles. The van der Waals surface area contributed by atoms with E-state index in [1.165, 1.54) is 0 Å². The van der Waals surface area contributed by atoms with Gasteiger partial charge in [-0.15, -0.1) is 0 Å². The number of benzene rings is 1. The Bertz CT molecular complexity index is 512. The molecule has 1 aromatic heterocycles. The molecule has 2 nitrogen and oxygen atoms in total. The monoisotopic (exact) mass is 254 g/mol. The number of pyridine rings is 1. The van der Waals surface area contributed by atoms with Gasteiger partial charge in [0.1, 0.15) is 5.82 Å². The summed E-state index contributed by atoms with van der Waals surface area (Å²) in [7, 11) is 0. The van der Waals surface area contributed by atoms with Crippen molar-refractivity contribution >= 4 is 39.9 Å². The third-order valence-corrected chi connectivity index (χ3v) is 2.95. The molecule has 4 heteroatoms. The Morgan fingerprint density at radius 1 is 1.12 bits per heavy atom. The highest BCUT2D eigenvalue weighted by molar-refractivity contribution is 6.39. The van der Waals surface area contributed by atoms with E-state index in [0.717, 1.165) is 29.7 Å². The molecule has 2 aromatic rings. The summed E-state index contributed by atoms with van der Waals surface area (Å²) in [6, 6.07) is 7.41. The van der Waals surface area contributed by atoms with E-state index in [2.05, 4.69) is 17.2 Å². The molecule has 0 aliphatic heterocycles. The minimum Gasteiger partial charge on any atom is -0.370 e. The van der Waals surface area contributed by atoms with Gasteiger partial charge in [0.15, 0.2) is 0 Å². The van der Waals surface area contributed by atoms with Gasteiger partial charge in [0.25, 0.3) is 0 Å². The van der Waals surface area contributed by atoms with Crippen molar-refractivity contribution < 1.29 is 0 Å². The number of hydrogen-bond acceptors (Lipinski definition) is 2. The fourth-order valence-corrected chi connectivity index (χ4v) is 1.92. The van der Waals surface area contributed by atoms with E-state index in [4.69, 9.17) is 23.2 Å². The molecule has 0 fully saturated rings. The maximum Gasteiger partial charge on any atom is 0.126 e. The van der Waals surface area contributed by atoms with E-state index in [0.29, 0.717) is 10.0 Å². The van der Waals surface area contributed by atoms with E-state index in [1.54, 1.807) is 12.1 Å². The second kappa shape index (κ2) is 4.89. The lowest BCUT2D eigenvalue weighted by Crippen LogP contribution is -2.01. The van der Waals surface area contributed by atoms with Gasteiger partial charge in [-0.05, 0) is 30.7 Å². The lowest BCUT2D eigenvalue weighted by molar-refractivity contribution is 0.972. The number of nitrogens with one attached hydrogen (secondary N) is 1. The average Bonchev–Trinajstić information content (AvgIpc) is 2.31. The number of nitrogens with zero attached hydrogens (tertiary/aromatic N) is 1. The highest BCUT2D eigenvalue weighted by atomic mass is 35.5. The van der Waals surface area contributed by atoms with Crippen LogP contribution in [0.1, 0.15) is 13.3 Å². The predicted molar refractivity (Wildman–Crippen MR) is 70.5 cm³/mol. The molecule has 0 aliphatic rings. The minimum absolute atomic E-state index is 0.625. The molecule has 0 saturated carbocycles. The van der Waals surface area contributed by atoms with Gasteiger partial charge in [0.2, 0.25) is 0 Å². The van der Waals surface area contributed by atoms with Crippen molar-refractivity contribution in [2.24, 2.45) is 0 Å². The fraction of sp³-hybridized carbons (Fsp3) is 0.250. The Balaban J connectivity index is 2.48. The van der Waals surface area contributed by atoms with Crippen LogP contribution in [0.2, 0.25) is 10.0 Å². The number of hydrogen-bond donors (Lipinski definition) is 1. The summed E-state index contributed by atoms with van der Waals surface area (Å²) in [4.78, 5) is 4.45. The smallest absolute Gasteiger partial charge is 0.126 e. The van der Waals surface area contributed by atoms with Crippen LogP contribution in [0.5, 0.6) is 0 Å². The maximum atomic E-state index is 6.09. The number of aromatic nitrogens is 1. The fourth-order valence-electron chi connectivity index (χ4n) is 1.50. The summed E-state index contributed by atoms with van der Waals surface area (Å²) >= 11 is 12.2. The summed E-state index contributed by atoms with van der Waals surface area (Å²) in [5.41, 5.74) is 0.746. The first-order chi connectivity index (χ1) is 7.72. The zero-order chi connectivity index (χ0) is 11.5. The molecule has 16 heavy (non-hydrogen) atoms. The van der Waals surface area contributed by atoms with Crippen molar-refractivity contribution in [3.05, 3.63) is 34.3 Å². The zero-order valence-corrected chi connectivity index (χ0v) is 10.4. The van der Waals surface area contributed by atoms with E-state index < -0.39 is 0 Å². The Kier molecular flexibility index (Phi) is 3.52. The molecule has 84 valence electrons. The van der Waals surface area contributed by atoms with Gasteiger partial charge in [-0.1, -0.05) is 30.1 Å². The maximum absolute atomic E-state index is 6.09. The molecule has 0 amide bonds. The van der Waals surface area contributed by atoms with Crippen LogP contribution in [0, 0.1) is 0 Å². The second-order valence-electron chi connectivity index (χ2n) is 3.55. The van der Waals surface area contributed by atoms with Crippen LogP contribution >= 0.6 is 23.2 Å².